The van der Waals surface area contributed by atoms with Crippen LogP contribution in [0.1, 0.15) is 40.9 Å². The highest BCUT2D eigenvalue weighted by molar-refractivity contribution is 5.99. The van der Waals surface area contributed by atoms with E-state index in [0.717, 1.165) is 16.7 Å². The topological polar surface area (TPSA) is 78.9 Å². The largest absolute Gasteiger partial charge is 0.409 e. The molecule has 1 amide bonds. The molecule has 0 aliphatic carbocycles. The van der Waals surface area contributed by atoms with E-state index < -0.39 is 0 Å². The molecule has 0 unspecified atom stereocenters. The molecule has 3 N–H and O–H groups in total. The second-order valence-corrected chi connectivity index (χ2v) is 5.39. The van der Waals surface area contributed by atoms with Gasteiger partial charge in [-0.15, -0.1) is 0 Å². The van der Waals surface area contributed by atoms with Gasteiger partial charge in [0.05, 0.1) is 6.54 Å². The summed E-state index contributed by atoms with van der Waals surface area (Å²) in [4.78, 5) is 14.3. The van der Waals surface area contributed by atoms with Crippen LogP contribution in [0, 0.1) is 20.8 Å². The third kappa shape index (κ3) is 3.50. The molecule has 0 aliphatic heterocycles. The minimum atomic E-state index is -0.0957. The first kappa shape index (κ1) is 16.0. The van der Waals surface area contributed by atoms with Crippen molar-refractivity contribution in [3.63, 3.8) is 0 Å². The number of nitrogens with two attached hydrogens (primary N) is 1. The van der Waals surface area contributed by atoms with Crippen molar-refractivity contribution in [1.82, 2.24) is 4.90 Å². The van der Waals surface area contributed by atoms with Crippen LogP contribution < -0.4 is 5.73 Å². The third-order valence-electron chi connectivity index (χ3n) is 3.24. The summed E-state index contributed by atoms with van der Waals surface area (Å²) in [6.07, 6.45) is 0. The molecule has 5 nitrogen and oxygen atoms in total. The minimum absolute atomic E-state index is 0.0227. The number of rotatable bonds is 4. The molecule has 0 radical (unpaired) electrons. The molecule has 0 spiro atoms. The van der Waals surface area contributed by atoms with Crippen LogP contribution in [0.2, 0.25) is 0 Å². The fourth-order valence-corrected chi connectivity index (χ4v) is 2.36. The number of nitrogens with zero attached hydrogens (tertiary/aromatic N) is 2. The number of benzene rings is 1. The summed E-state index contributed by atoms with van der Waals surface area (Å²) in [5.74, 6) is -0.0731. The van der Waals surface area contributed by atoms with Gasteiger partial charge in [0.1, 0.15) is 0 Å². The maximum atomic E-state index is 12.7. The van der Waals surface area contributed by atoms with Gasteiger partial charge < -0.3 is 15.8 Å². The van der Waals surface area contributed by atoms with Crippen molar-refractivity contribution in [3.8, 4) is 0 Å². The van der Waals surface area contributed by atoms with Gasteiger partial charge in [-0.05, 0) is 45.7 Å². The van der Waals surface area contributed by atoms with Crippen LogP contribution in [0.15, 0.2) is 17.3 Å². The van der Waals surface area contributed by atoms with Crippen molar-refractivity contribution in [1.29, 1.82) is 0 Å². The number of amides is 1. The van der Waals surface area contributed by atoms with Crippen molar-refractivity contribution >= 4 is 11.7 Å². The van der Waals surface area contributed by atoms with Gasteiger partial charge in [-0.25, -0.2) is 0 Å². The molecule has 0 fully saturated rings. The highest BCUT2D eigenvalue weighted by Gasteiger charge is 2.23. The molecule has 0 saturated carbocycles. The molecule has 0 heterocycles. The maximum absolute atomic E-state index is 12.7. The summed E-state index contributed by atoms with van der Waals surface area (Å²) in [6, 6.07) is 3.94. The summed E-state index contributed by atoms with van der Waals surface area (Å²) in [7, 11) is 0. The van der Waals surface area contributed by atoms with Gasteiger partial charge in [0.15, 0.2) is 5.84 Å². The van der Waals surface area contributed by atoms with Gasteiger partial charge in [0.25, 0.3) is 5.91 Å². The number of hydrogen-bond donors (Lipinski definition) is 2. The third-order valence-corrected chi connectivity index (χ3v) is 3.24. The summed E-state index contributed by atoms with van der Waals surface area (Å²) < 4.78 is 0. The number of oxime groups is 1. The molecule has 0 bridgehead atoms. The Labute approximate surface area is 120 Å². The molecular formula is C15H23N3O2. The Morgan fingerprint density at radius 2 is 1.80 bits per heavy atom. The van der Waals surface area contributed by atoms with E-state index >= 15 is 0 Å². The number of hydrogen-bond acceptors (Lipinski definition) is 3. The van der Waals surface area contributed by atoms with E-state index in [1.165, 1.54) is 0 Å². The average Bonchev–Trinajstić information content (AvgIpc) is 2.33. The highest BCUT2D eigenvalue weighted by atomic mass is 16.4. The summed E-state index contributed by atoms with van der Waals surface area (Å²) in [5, 5.41) is 11.6. The second-order valence-electron chi connectivity index (χ2n) is 5.39. The number of amidine groups is 1. The predicted molar refractivity (Wildman–Crippen MR) is 80.2 cm³/mol. The van der Waals surface area contributed by atoms with Crippen LogP contribution in [-0.2, 0) is 0 Å². The standard InChI is InChI=1S/C15H23N3O2/c1-9(2)18(8-13(16)17-20)15(19)14-11(4)6-10(3)7-12(14)5/h6-7,9,20H,8H2,1-5H3,(H2,16,17). The Balaban J connectivity index is 3.20. The Hall–Kier alpha value is -2.04. The summed E-state index contributed by atoms with van der Waals surface area (Å²) in [6.45, 7) is 9.78. The molecule has 1 rings (SSSR count). The van der Waals surface area contributed by atoms with Crippen LogP contribution in [0.4, 0.5) is 0 Å². The predicted octanol–water partition coefficient (Wildman–Crippen LogP) is 2.21. The van der Waals surface area contributed by atoms with E-state index in [1.54, 1.807) is 4.90 Å². The zero-order valence-corrected chi connectivity index (χ0v) is 12.8. The normalized spacial score (nSPS) is 11.8. The van der Waals surface area contributed by atoms with Gasteiger partial charge in [-0.1, -0.05) is 22.9 Å². The SMILES string of the molecule is Cc1cc(C)c(C(=O)N(CC(N)=NO)C(C)C)c(C)c1. The average molecular weight is 277 g/mol. The van der Waals surface area contributed by atoms with Crippen LogP contribution >= 0.6 is 0 Å². The van der Waals surface area contributed by atoms with Crippen molar-refractivity contribution in [2.75, 3.05) is 6.54 Å². The van der Waals surface area contributed by atoms with E-state index in [4.69, 9.17) is 10.9 Å². The lowest BCUT2D eigenvalue weighted by Gasteiger charge is -2.27. The van der Waals surface area contributed by atoms with E-state index in [0.29, 0.717) is 5.56 Å². The smallest absolute Gasteiger partial charge is 0.255 e. The molecule has 0 saturated heterocycles. The zero-order chi connectivity index (χ0) is 15.4. The molecule has 5 heteroatoms. The van der Waals surface area contributed by atoms with Gasteiger partial charge in [0.2, 0.25) is 0 Å². The molecular weight excluding hydrogens is 254 g/mol. The molecule has 1 aromatic rings. The van der Waals surface area contributed by atoms with Crippen molar-refractivity contribution in [2.45, 2.75) is 40.7 Å². The Kier molecular flexibility index (Phi) is 5.13. The fourth-order valence-electron chi connectivity index (χ4n) is 2.36. The monoisotopic (exact) mass is 277 g/mol. The number of carbonyl (C=O) groups excluding carboxylic acids is 1. The van der Waals surface area contributed by atoms with Crippen LogP contribution in [0.5, 0.6) is 0 Å². The maximum Gasteiger partial charge on any atom is 0.255 e. The zero-order valence-electron chi connectivity index (χ0n) is 12.8. The Morgan fingerprint density at radius 1 is 1.30 bits per heavy atom. The van der Waals surface area contributed by atoms with E-state index in [1.807, 2.05) is 46.8 Å². The van der Waals surface area contributed by atoms with E-state index in [2.05, 4.69) is 5.16 Å². The van der Waals surface area contributed by atoms with Crippen LogP contribution in [-0.4, -0.2) is 34.4 Å². The second kappa shape index (κ2) is 6.41. The van der Waals surface area contributed by atoms with Crippen molar-refractivity contribution in [3.05, 3.63) is 34.4 Å². The highest BCUT2D eigenvalue weighted by Crippen LogP contribution is 2.19. The first-order valence-electron chi connectivity index (χ1n) is 6.63. The van der Waals surface area contributed by atoms with Gasteiger partial charge >= 0.3 is 0 Å². The van der Waals surface area contributed by atoms with E-state index in [-0.39, 0.29) is 24.3 Å². The molecule has 0 aliphatic rings. The van der Waals surface area contributed by atoms with E-state index in [9.17, 15) is 4.79 Å². The van der Waals surface area contributed by atoms with Crippen molar-refractivity contribution in [2.24, 2.45) is 10.9 Å². The molecule has 0 atom stereocenters. The Bertz CT molecular complexity index is 513. The molecule has 20 heavy (non-hydrogen) atoms. The molecule has 1 aromatic carbocycles. The minimum Gasteiger partial charge on any atom is -0.409 e. The quantitative estimate of drug-likeness (QED) is 0.383. The first-order valence-corrected chi connectivity index (χ1v) is 6.63. The van der Waals surface area contributed by atoms with Crippen LogP contribution in [0.25, 0.3) is 0 Å². The number of aryl methyl sites for hydroxylation is 3. The number of carbonyl (C=O) groups is 1. The summed E-state index contributed by atoms with van der Waals surface area (Å²) >= 11 is 0. The van der Waals surface area contributed by atoms with Gasteiger partial charge in [-0.2, -0.15) is 0 Å². The van der Waals surface area contributed by atoms with Gasteiger partial charge in [-0.3, -0.25) is 4.79 Å². The first-order chi connectivity index (χ1) is 9.27. The summed E-state index contributed by atoms with van der Waals surface area (Å²) in [5.41, 5.74) is 9.24. The lowest BCUT2D eigenvalue weighted by molar-refractivity contribution is 0.0732. The van der Waals surface area contributed by atoms with Crippen LogP contribution in [0.3, 0.4) is 0 Å². The lowest BCUT2D eigenvalue weighted by atomic mass is 9.98. The molecule has 110 valence electrons. The molecule has 0 aromatic heterocycles. The fraction of sp³-hybridized carbons (Fsp3) is 0.467. The van der Waals surface area contributed by atoms with Crippen molar-refractivity contribution < 1.29 is 10.0 Å². The van der Waals surface area contributed by atoms with Gasteiger partial charge in [0, 0.05) is 11.6 Å². The Morgan fingerprint density at radius 3 is 2.20 bits per heavy atom. The lowest BCUT2D eigenvalue weighted by Crippen LogP contribution is -2.43.